The number of fused-ring (bicyclic) bond motifs is 1. The van der Waals surface area contributed by atoms with Crippen molar-refractivity contribution >= 4 is 29.5 Å². The predicted molar refractivity (Wildman–Crippen MR) is 107 cm³/mol. The minimum Gasteiger partial charge on any atom is -0.462 e. The Balaban J connectivity index is 2.18. The van der Waals surface area contributed by atoms with E-state index in [1.54, 1.807) is 13.0 Å². The highest BCUT2D eigenvalue weighted by molar-refractivity contribution is 6.62. The highest BCUT2D eigenvalue weighted by Crippen LogP contribution is 2.37. The van der Waals surface area contributed by atoms with Gasteiger partial charge >= 0.3 is 13.1 Å². The third-order valence-electron chi connectivity index (χ3n) is 5.61. The molecule has 2 heterocycles. The van der Waals surface area contributed by atoms with Crippen LogP contribution < -0.4 is 5.46 Å². The van der Waals surface area contributed by atoms with Crippen LogP contribution in [0.3, 0.4) is 0 Å². The molecule has 0 amide bonds. The van der Waals surface area contributed by atoms with E-state index in [4.69, 9.17) is 14.0 Å². The van der Waals surface area contributed by atoms with Crippen molar-refractivity contribution in [2.75, 3.05) is 6.61 Å². The first-order chi connectivity index (χ1) is 13.0. The Bertz CT molecular complexity index is 910. The van der Waals surface area contributed by atoms with Gasteiger partial charge in [-0.05, 0) is 58.2 Å². The number of hydrogen-bond donors (Lipinski definition) is 0. The average molecular weight is 387 g/mol. The van der Waals surface area contributed by atoms with Gasteiger partial charge in [-0.25, -0.2) is 9.18 Å². The second kappa shape index (κ2) is 7.12. The number of carbonyl (C=O) groups excluding carboxylic acids is 1. The smallest absolute Gasteiger partial charge is 0.462 e. The molecule has 0 spiro atoms. The molecular weight excluding hydrogens is 360 g/mol. The Morgan fingerprint density at radius 3 is 2.36 bits per heavy atom. The van der Waals surface area contributed by atoms with Gasteiger partial charge in [-0.2, -0.15) is 0 Å². The first-order valence-electron chi connectivity index (χ1n) is 9.63. The van der Waals surface area contributed by atoms with Gasteiger partial charge in [0.2, 0.25) is 0 Å². The summed E-state index contributed by atoms with van der Waals surface area (Å²) in [6, 6.07) is 3.06. The van der Waals surface area contributed by atoms with Crippen molar-refractivity contribution in [3.63, 3.8) is 0 Å². The molecule has 0 radical (unpaired) electrons. The van der Waals surface area contributed by atoms with Crippen LogP contribution in [0.5, 0.6) is 0 Å². The second-order valence-electron chi connectivity index (χ2n) is 8.44. The maximum Gasteiger partial charge on any atom is 0.497 e. The largest absolute Gasteiger partial charge is 0.497 e. The number of nitrogens with zero attached hydrogens (tertiary/aromatic N) is 1. The number of halogens is 1. The van der Waals surface area contributed by atoms with Crippen LogP contribution in [-0.4, -0.2) is 35.9 Å². The standard InChI is InChI=1S/C21H27BFNO4/c1-8-26-19(25)14-11-24-17-10-16(23)15(9-13(17)18(14)12(2)3)22-27-20(4,5)21(6,7)28-22/h9-12H,8H2,1-7H3. The molecular formula is C21H27BFNO4. The normalized spacial score (nSPS) is 18.1. The first kappa shape index (κ1) is 20.7. The summed E-state index contributed by atoms with van der Waals surface area (Å²) >= 11 is 0. The van der Waals surface area contributed by atoms with Gasteiger partial charge in [-0.15, -0.1) is 0 Å². The average Bonchev–Trinajstić information content (AvgIpc) is 2.80. The van der Waals surface area contributed by atoms with E-state index in [0.717, 1.165) is 5.56 Å². The minimum absolute atomic E-state index is 0.0153. The minimum atomic E-state index is -0.833. The van der Waals surface area contributed by atoms with Crippen molar-refractivity contribution in [1.29, 1.82) is 0 Å². The molecule has 1 aliphatic rings. The number of rotatable bonds is 4. The number of aromatic nitrogens is 1. The topological polar surface area (TPSA) is 57.7 Å². The first-order valence-corrected chi connectivity index (χ1v) is 9.63. The highest BCUT2D eigenvalue weighted by atomic mass is 19.1. The molecule has 1 saturated heterocycles. The summed E-state index contributed by atoms with van der Waals surface area (Å²) < 4.78 is 32.1. The lowest BCUT2D eigenvalue weighted by Crippen LogP contribution is -2.41. The van der Waals surface area contributed by atoms with Gasteiger partial charge in [0.25, 0.3) is 0 Å². The van der Waals surface area contributed by atoms with E-state index in [1.807, 2.05) is 41.5 Å². The van der Waals surface area contributed by atoms with Gasteiger partial charge in [-0.1, -0.05) is 13.8 Å². The lowest BCUT2D eigenvalue weighted by molar-refractivity contribution is 0.00578. The van der Waals surface area contributed by atoms with Crippen LogP contribution in [0, 0.1) is 5.82 Å². The van der Waals surface area contributed by atoms with E-state index in [-0.39, 0.29) is 12.5 Å². The third-order valence-corrected chi connectivity index (χ3v) is 5.61. The maximum atomic E-state index is 14.9. The summed E-state index contributed by atoms with van der Waals surface area (Å²) in [5.41, 5.74) is 0.804. The lowest BCUT2D eigenvalue weighted by Gasteiger charge is -2.32. The van der Waals surface area contributed by atoms with Gasteiger partial charge in [0.1, 0.15) is 5.82 Å². The molecule has 2 aromatic rings. The molecule has 150 valence electrons. The molecule has 28 heavy (non-hydrogen) atoms. The molecule has 0 bridgehead atoms. The molecule has 3 rings (SSSR count). The number of hydrogen-bond acceptors (Lipinski definition) is 5. The number of esters is 1. The Morgan fingerprint density at radius 1 is 1.21 bits per heavy atom. The summed E-state index contributed by atoms with van der Waals surface area (Å²) in [6.07, 6.45) is 1.46. The second-order valence-corrected chi connectivity index (χ2v) is 8.44. The number of benzene rings is 1. The summed E-state index contributed by atoms with van der Waals surface area (Å²) in [6.45, 7) is 13.7. The zero-order valence-electron chi connectivity index (χ0n) is 17.6. The number of carbonyl (C=O) groups is 1. The van der Waals surface area contributed by atoms with Gasteiger partial charge in [-0.3, -0.25) is 4.98 Å². The monoisotopic (exact) mass is 387 g/mol. The van der Waals surface area contributed by atoms with Crippen molar-refractivity contribution in [3.8, 4) is 0 Å². The van der Waals surface area contributed by atoms with E-state index in [9.17, 15) is 9.18 Å². The van der Waals surface area contributed by atoms with Crippen LogP contribution in [0.2, 0.25) is 0 Å². The molecule has 0 aliphatic carbocycles. The van der Waals surface area contributed by atoms with Crippen molar-refractivity contribution < 1.29 is 23.2 Å². The van der Waals surface area contributed by atoms with E-state index < -0.39 is 30.1 Å². The quantitative estimate of drug-likeness (QED) is 0.587. The highest BCUT2D eigenvalue weighted by Gasteiger charge is 2.52. The Morgan fingerprint density at radius 2 is 1.82 bits per heavy atom. The van der Waals surface area contributed by atoms with Crippen LogP contribution in [-0.2, 0) is 14.0 Å². The van der Waals surface area contributed by atoms with E-state index >= 15 is 0 Å². The molecule has 0 atom stereocenters. The summed E-state index contributed by atoms with van der Waals surface area (Å²) in [5.74, 6) is -0.860. The zero-order chi connectivity index (χ0) is 20.9. The zero-order valence-corrected chi connectivity index (χ0v) is 17.6. The molecule has 1 aliphatic heterocycles. The maximum absolute atomic E-state index is 14.9. The van der Waals surface area contributed by atoms with E-state index in [2.05, 4.69) is 4.98 Å². The van der Waals surface area contributed by atoms with Crippen LogP contribution >= 0.6 is 0 Å². The van der Waals surface area contributed by atoms with E-state index in [1.165, 1.54) is 12.3 Å². The van der Waals surface area contributed by atoms with Crippen LogP contribution in [0.4, 0.5) is 4.39 Å². The fraction of sp³-hybridized carbons (Fsp3) is 0.524. The predicted octanol–water partition coefficient (Wildman–Crippen LogP) is 3.97. The SMILES string of the molecule is CCOC(=O)c1cnc2cc(F)c(B3OC(C)(C)C(C)(C)O3)cc2c1C(C)C. The fourth-order valence-electron chi connectivity index (χ4n) is 3.39. The summed E-state index contributed by atoms with van der Waals surface area (Å²) in [7, 11) is -0.833. The van der Waals surface area contributed by atoms with Crippen LogP contribution in [0.1, 0.15) is 70.3 Å². The van der Waals surface area contributed by atoms with Crippen molar-refractivity contribution in [2.24, 2.45) is 0 Å². The Hall–Kier alpha value is -1.99. The Kier molecular flexibility index (Phi) is 5.27. The number of ether oxygens (including phenoxy) is 1. The lowest BCUT2D eigenvalue weighted by atomic mass is 9.77. The molecule has 0 unspecified atom stereocenters. The molecule has 7 heteroatoms. The molecule has 1 fully saturated rings. The van der Waals surface area contributed by atoms with Gasteiger partial charge in [0.05, 0.1) is 28.9 Å². The van der Waals surface area contributed by atoms with Crippen molar-refractivity contribution in [2.45, 2.75) is 65.6 Å². The van der Waals surface area contributed by atoms with Crippen LogP contribution in [0.25, 0.3) is 10.9 Å². The molecule has 0 N–H and O–H groups in total. The summed E-state index contributed by atoms with van der Waals surface area (Å²) in [4.78, 5) is 16.7. The van der Waals surface area contributed by atoms with Crippen molar-refractivity contribution in [1.82, 2.24) is 4.98 Å². The van der Waals surface area contributed by atoms with Gasteiger partial charge in [0, 0.05) is 17.0 Å². The van der Waals surface area contributed by atoms with Gasteiger partial charge in [0.15, 0.2) is 0 Å². The Labute approximate surface area is 165 Å². The third kappa shape index (κ3) is 3.42. The van der Waals surface area contributed by atoms with Crippen LogP contribution in [0.15, 0.2) is 18.3 Å². The molecule has 1 aromatic heterocycles. The van der Waals surface area contributed by atoms with Gasteiger partial charge < -0.3 is 14.0 Å². The molecule has 0 saturated carbocycles. The van der Waals surface area contributed by atoms with E-state index in [0.29, 0.717) is 21.9 Å². The molecule has 5 nitrogen and oxygen atoms in total. The summed E-state index contributed by atoms with van der Waals surface area (Å²) in [5, 5.41) is 0.701. The fourth-order valence-corrected chi connectivity index (χ4v) is 3.39. The molecule has 1 aromatic carbocycles. The number of pyridine rings is 1. The van der Waals surface area contributed by atoms with Crippen molar-refractivity contribution in [3.05, 3.63) is 35.3 Å².